The summed E-state index contributed by atoms with van der Waals surface area (Å²) in [6.45, 7) is 14.8. The fraction of sp³-hybridized carbons (Fsp3) is 0.533. The average Bonchev–Trinajstić information content (AvgIpc) is 2.50. The molecule has 0 bridgehead atoms. The van der Waals surface area contributed by atoms with Crippen molar-refractivity contribution in [3.8, 4) is 0 Å². The normalized spacial score (nSPS) is 17.3. The largest absolute Gasteiger partial charge is 0.303 e. The van der Waals surface area contributed by atoms with Crippen LogP contribution in [0.15, 0.2) is 37.5 Å². The summed E-state index contributed by atoms with van der Waals surface area (Å²) in [7, 11) is 0. The molecule has 0 radical (unpaired) electrons. The van der Waals surface area contributed by atoms with E-state index < -0.39 is 0 Å². The third-order valence-corrected chi connectivity index (χ3v) is 3.45. The zero-order valence-electron chi connectivity index (χ0n) is 12.0. The summed E-state index contributed by atoms with van der Waals surface area (Å²) in [4.78, 5) is 13.8. The molecule has 1 saturated heterocycles. The van der Waals surface area contributed by atoms with Crippen molar-refractivity contribution in [3.63, 3.8) is 0 Å². The van der Waals surface area contributed by atoms with Crippen LogP contribution in [0.2, 0.25) is 0 Å². The van der Waals surface area contributed by atoms with Crippen LogP contribution < -0.4 is 11.3 Å². The molecule has 0 atom stereocenters. The van der Waals surface area contributed by atoms with Crippen molar-refractivity contribution in [1.82, 2.24) is 10.3 Å². The Morgan fingerprint density at radius 2 is 2.00 bits per heavy atom. The number of rotatable bonds is 5. The first kappa shape index (κ1) is 17.6. The van der Waals surface area contributed by atoms with Crippen molar-refractivity contribution in [1.29, 1.82) is 0 Å². The molecular weight excluding hydrogens is 238 g/mol. The van der Waals surface area contributed by atoms with Crippen LogP contribution in [0.25, 0.3) is 0 Å². The third-order valence-electron chi connectivity index (χ3n) is 3.45. The lowest BCUT2D eigenvalue weighted by Gasteiger charge is -2.30. The van der Waals surface area contributed by atoms with Gasteiger partial charge in [0.1, 0.15) is 0 Å². The van der Waals surface area contributed by atoms with Crippen LogP contribution >= 0.6 is 0 Å². The molecule has 0 aromatic carbocycles. The fourth-order valence-electron chi connectivity index (χ4n) is 2.19. The Morgan fingerprint density at radius 3 is 2.42 bits per heavy atom. The molecule has 1 rings (SSSR count). The highest BCUT2D eigenvalue weighted by molar-refractivity contribution is 5.78. The summed E-state index contributed by atoms with van der Waals surface area (Å²) in [5.41, 5.74) is 3.52. The first-order valence-electron chi connectivity index (χ1n) is 6.71. The van der Waals surface area contributed by atoms with Gasteiger partial charge in [-0.15, -0.1) is 13.2 Å². The molecular formula is C15H27N3O. The number of nitrogens with zero attached hydrogens (tertiary/aromatic N) is 1. The maximum atomic E-state index is 11.4. The quantitative estimate of drug-likeness (QED) is 0.263. The molecule has 0 spiro atoms. The number of likely N-dealkylation sites (tertiary alicyclic amines) is 1. The van der Waals surface area contributed by atoms with E-state index in [4.69, 9.17) is 5.84 Å². The predicted octanol–water partition coefficient (Wildman–Crippen LogP) is 2.01. The summed E-state index contributed by atoms with van der Waals surface area (Å²) in [6, 6.07) is 0. The Kier molecular flexibility index (Phi) is 9.75. The Bertz CT molecular complexity index is 305. The third kappa shape index (κ3) is 6.36. The van der Waals surface area contributed by atoms with Gasteiger partial charge in [-0.25, -0.2) is 5.84 Å². The first-order chi connectivity index (χ1) is 9.21. The standard InChI is InChI=1S/C13H23N3O.C2H4/c1-3-11(4-2)5-8-16-9-6-12(7-10-16)13(17)15-14;1-2/h3-4,12H,1,5-10,14H2,2H3,(H,15,17);1-2H2/b11-4+;. The first-order valence-corrected chi connectivity index (χ1v) is 6.71. The molecule has 4 nitrogen and oxygen atoms in total. The van der Waals surface area contributed by atoms with E-state index in [1.165, 1.54) is 5.57 Å². The summed E-state index contributed by atoms with van der Waals surface area (Å²) >= 11 is 0. The molecule has 19 heavy (non-hydrogen) atoms. The molecule has 1 aliphatic heterocycles. The Hall–Kier alpha value is -1.39. The van der Waals surface area contributed by atoms with Gasteiger partial charge in [0, 0.05) is 12.5 Å². The SMILES string of the molecule is C=C.C=C/C(=C\C)CCN1CCC(C(=O)NN)CC1. The highest BCUT2D eigenvalue weighted by Gasteiger charge is 2.23. The van der Waals surface area contributed by atoms with E-state index in [0.717, 1.165) is 38.9 Å². The highest BCUT2D eigenvalue weighted by atomic mass is 16.2. The lowest BCUT2D eigenvalue weighted by atomic mass is 9.96. The Labute approximate surface area is 117 Å². The van der Waals surface area contributed by atoms with Crippen molar-refractivity contribution in [3.05, 3.63) is 37.5 Å². The number of hydrogen-bond acceptors (Lipinski definition) is 3. The molecule has 1 amide bonds. The van der Waals surface area contributed by atoms with Gasteiger partial charge in [0.25, 0.3) is 0 Å². The second-order valence-corrected chi connectivity index (χ2v) is 4.44. The minimum absolute atomic E-state index is 0.0233. The van der Waals surface area contributed by atoms with E-state index in [9.17, 15) is 4.79 Å². The van der Waals surface area contributed by atoms with Gasteiger partial charge in [0.2, 0.25) is 5.91 Å². The molecule has 0 saturated carbocycles. The zero-order valence-corrected chi connectivity index (χ0v) is 12.0. The van der Waals surface area contributed by atoms with Crippen LogP contribution in [0.5, 0.6) is 0 Å². The van der Waals surface area contributed by atoms with Crippen LogP contribution in [0, 0.1) is 5.92 Å². The minimum Gasteiger partial charge on any atom is -0.303 e. The zero-order chi connectivity index (χ0) is 14.7. The molecule has 1 heterocycles. The number of carbonyl (C=O) groups excluding carboxylic acids is 1. The summed E-state index contributed by atoms with van der Waals surface area (Å²) in [6.07, 6.45) is 6.86. The van der Waals surface area contributed by atoms with Gasteiger partial charge in [-0.3, -0.25) is 10.2 Å². The monoisotopic (exact) mass is 265 g/mol. The Balaban J connectivity index is 0.00000154. The number of allylic oxidation sites excluding steroid dienone is 2. The van der Waals surface area contributed by atoms with Crippen molar-refractivity contribution < 1.29 is 4.79 Å². The summed E-state index contributed by atoms with van der Waals surface area (Å²) in [5.74, 6) is 5.21. The lowest BCUT2D eigenvalue weighted by Crippen LogP contribution is -2.42. The van der Waals surface area contributed by atoms with Crippen molar-refractivity contribution in [2.45, 2.75) is 26.2 Å². The number of hydrazine groups is 1. The predicted molar refractivity (Wildman–Crippen MR) is 81.3 cm³/mol. The number of amides is 1. The number of nitrogens with one attached hydrogen (secondary N) is 1. The van der Waals surface area contributed by atoms with Gasteiger partial charge in [0.15, 0.2) is 0 Å². The van der Waals surface area contributed by atoms with Gasteiger partial charge >= 0.3 is 0 Å². The summed E-state index contributed by atoms with van der Waals surface area (Å²) < 4.78 is 0. The van der Waals surface area contributed by atoms with Crippen molar-refractivity contribution in [2.75, 3.05) is 19.6 Å². The van der Waals surface area contributed by atoms with Gasteiger partial charge in [0.05, 0.1) is 0 Å². The second kappa shape index (κ2) is 10.5. The number of piperidine rings is 1. The highest BCUT2D eigenvalue weighted by Crippen LogP contribution is 2.18. The van der Waals surface area contributed by atoms with E-state index in [2.05, 4.69) is 36.1 Å². The van der Waals surface area contributed by atoms with Gasteiger partial charge in [-0.05, 0) is 39.3 Å². The van der Waals surface area contributed by atoms with Gasteiger partial charge in [-0.1, -0.05) is 24.3 Å². The number of hydrogen-bond donors (Lipinski definition) is 2. The topological polar surface area (TPSA) is 58.4 Å². The Morgan fingerprint density at radius 1 is 1.42 bits per heavy atom. The van der Waals surface area contributed by atoms with Crippen LogP contribution in [0.3, 0.4) is 0 Å². The smallest absolute Gasteiger partial charge is 0.237 e. The van der Waals surface area contributed by atoms with Gasteiger partial charge in [-0.2, -0.15) is 0 Å². The van der Waals surface area contributed by atoms with Crippen molar-refractivity contribution >= 4 is 5.91 Å². The molecule has 1 aliphatic rings. The van der Waals surface area contributed by atoms with E-state index in [1.807, 2.05) is 13.0 Å². The molecule has 1 fully saturated rings. The number of carbonyl (C=O) groups is 1. The van der Waals surface area contributed by atoms with E-state index in [1.54, 1.807) is 0 Å². The molecule has 0 aliphatic carbocycles. The van der Waals surface area contributed by atoms with E-state index in [-0.39, 0.29) is 11.8 Å². The van der Waals surface area contributed by atoms with E-state index >= 15 is 0 Å². The molecule has 0 aromatic heterocycles. The molecule has 0 unspecified atom stereocenters. The van der Waals surface area contributed by atoms with Crippen LogP contribution in [0.1, 0.15) is 26.2 Å². The van der Waals surface area contributed by atoms with Crippen LogP contribution in [0.4, 0.5) is 0 Å². The minimum atomic E-state index is -0.0233. The molecule has 4 heteroatoms. The lowest BCUT2D eigenvalue weighted by molar-refractivity contribution is -0.126. The molecule has 108 valence electrons. The maximum absolute atomic E-state index is 11.4. The maximum Gasteiger partial charge on any atom is 0.237 e. The summed E-state index contributed by atoms with van der Waals surface area (Å²) in [5, 5.41) is 0. The fourth-order valence-corrected chi connectivity index (χ4v) is 2.19. The van der Waals surface area contributed by atoms with Crippen LogP contribution in [-0.4, -0.2) is 30.4 Å². The van der Waals surface area contributed by atoms with Crippen molar-refractivity contribution in [2.24, 2.45) is 11.8 Å². The van der Waals surface area contributed by atoms with Crippen LogP contribution in [-0.2, 0) is 4.79 Å². The molecule has 3 N–H and O–H groups in total. The average molecular weight is 265 g/mol. The van der Waals surface area contributed by atoms with Gasteiger partial charge < -0.3 is 4.90 Å². The van der Waals surface area contributed by atoms with E-state index in [0.29, 0.717) is 0 Å². The second-order valence-electron chi connectivity index (χ2n) is 4.44. The molecule has 0 aromatic rings. The number of nitrogens with two attached hydrogens (primary N) is 1.